The Morgan fingerprint density at radius 3 is 1.74 bits per heavy atom. The molecule has 0 radical (unpaired) electrons. The number of hydrogen-bond donors (Lipinski definition) is 1. The summed E-state index contributed by atoms with van der Waals surface area (Å²) in [5.74, 6) is 0. The third-order valence-corrected chi connectivity index (χ3v) is 3.87. The highest BCUT2D eigenvalue weighted by Crippen LogP contribution is 2.24. The molecule has 3 rings (SSSR count). The van der Waals surface area contributed by atoms with Gasteiger partial charge in [-0.15, -0.1) is 10.2 Å². The number of aryl methyl sites for hydroxylation is 1. The molecule has 1 heterocycles. The smallest absolute Gasteiger partial charge is 0.213 e. The summed E-state index contributed by atoms with van der Waals surface area (Å²) in [6.07, 6.45) is 0. The van der Waals surface area contributed by atoms with E-state index in [4.69, 9.17) is 18.6 Å². The van der Waals surface area contributed by atoms with Gasteiger partial charge < -0.3 is 5.11 Å². The van der Waals surface area contributed by atoms with E-state index in [1.807, 2.05) is 24.3 Å². The van der Waals surface area contributed by atoms with Crippen LogP contribution in [0.3, 0.4) is 0 Å². The second kappa shape index (κ2) is 9.57. The van der Waals surface area contributed by atoms with Crippen molar-refractivity contribution in [3.63, 3.8) is 0 Å². The largest absolute Gasteiger partial charge is 0.390 e. The summed E-state index contributed by atoms with van der Waals surface area (Å²) in [4.78, 5) is 0. The van der Waals surface area contributed by atoms with Gasteiger partial charge in [0.25, 0.3) is 0 Å². The van der Waals surface area contributed by atoms with Crippen LogP contribution < -0.4 is 23.2 Å². The molecule has 27 heavy (non-hydrogen) atoms. The highest BCUT2D eigenvalue weighted by atomic mass is 35.7. The molecule has 0 unspecified atom stereocenters. The van der Waals surface area contributed by atoms with Gasteiger partial charge in [0.15, 0.2) is 12.2 Å². The van der Waals surface area contributed by atoms with Crippen molar-refractivity contribution in [2.45, 2.75) is 13.5 Å². The van der Waals surface area contributed by atoms with Gasteiger partial charge >= 0.3 is 0 Å². The lowest BCUT2D eigenvalue weighted by molar-refractivity contribution is -2.00. The first kappa shape index (κ1) is 21.0. The molecule has 0 aliphatic rings. The Balaban J connectivity index is 0.000000465. The molecule has 0 amide bonds. The van der Waals surface area contributed by atoms with Crippen molar-refractivity contribution in [1.82, 2.24) is 0 Å². The van der Waals surface area contributed by atoms with Crippen LogP contribution in [0.15, 0.2) is 72.8 Å². The van der Waals surface area contributed by atoms with Crippen LogP contribution in [0.25, 0.3) is 22.4 Å². The van der Waals surface area contributed by atoms with E-state index in [0.717, 1.165) is 17.0 Å². The molecule has 0 fully saturated rings. The number of nitrogens with zero attached hydrogens (tertiary/aromatic N) is 1. The Bertz CT molecular complexity index is 845. The molecule has 3 aromatic rings. The van der Waals surface area contributed by atoms with Crippen LogP contribution in [0.1, 0.15) is 5.69 Å². The van der Waals surface area contributed by atoms with Crippen molar-refractivity contribution in [2.75, 3.05) is 6.61 Å². The van der Waals surface area contributed by atoms with Crippen LogP contribution in [0.2, 0.25) is 0 Å². The van der Waals surface area contributed by atoms with Gasteiger partial charge in [-0.2, -0.15) is 4.57 Å². The van der Waals surface area contributed by atoms with Gasteiger partial charge in [0.05, 0.1) is 0 Å². The maximum atomic E-state index is 9.38. The highest BCUT2D eigenvalue weighted by molar-refractivity contribution is 5.69. The second-order valence-corrected chi connectivity index (χ2v) is 6.51. The Labute approximate surface area is 160 Å². The standard InChI is InChI=1S/C20H20NO.ClHO4/c1-16-14-19(17-8-4-2-5-9-17)15-20(21(16)12-13-22)18-10-6-3-7-11-18;2-1(3,4)5/h2-11,14-15,22H,12-13H2,1H3;(H,2,3,4,5)/q+1;/p-1. The van der Waals surface area contributed by atoms with Crippen molar-refractivity contribution in [2.24, 2.45) is 0 Å². The molecule has 0 aliphatic heterocycles. The third-order valence-electron chi connectivity index (χ3n) is 3.87. The van der Waals surface area contributed by atoms with Crippen molar-refractivity contribution in [3.05, 3.63) is 78.5 Å². The van der Waals surface area contributed by atoms with Gasteiger partial charge in [-0.1, -0.05) is 48.5 Å². The zero-order valence-electron chi connectivity index (χ0n) is 14.7. The Kier molecular flexibility index (Phi) is 7.44. The number of aliphatic hydroxyl groups is 1. The molecule has 0 atom stereocenters. The summed E-state index contributed by atoms with van der Waals surface area (Å²) in [6.45, 7) is 2.83. The summed E-state index contributed by atoms with van der Waals surface area (Å²) in [6, 6.07) is 25.1. The van der Waals surface area contributed by atoms with Gasteiger partial charge in [-0.3, -0.25) is 0 Å². The summed E-state index contributed by atoms with van der Waals surface area (Å²) in [7, 11) is -4.94. The number of rotatable bonds is 4. The average Bonchev–Trinajstić information content (AvgIpc) is 2.63. The van der Waals surface area contributed by atoms with E-state index in [0.29, 0.717) is 6.54 Å². The Morgan fingerprint density at radius 2 is 1.26 bits per heavy atom. The molecule has 2 aromatic carbocycles. The quantitative estimate of drug-likeness (QED) is 0.566. The Morgan fingerprint density at radius 1 is 0.778 bits per heavy atom. The van der Waals surface area contributed by atoms with Gasteiger partial charge in [-0.05, 0) is 23.3 Å². The van der Waals surface area contributed by atoms with Gasteiger partial charge in [0.1, 0.15) is 6.61 Å². The van der Waals surface area contributed by atoms with E-state index < -0.39 is 10.2 Å². The lowest BCUT2D eigenvalue weighted by Crippen LogP contribution is -2.68. The zero-order valence-corrected chi connectivity index (χ0v) is 15.5. The van der Waals surface area contributed by atoms with E-state index in [9.17, 15) is 5.11 Å². The topological polar surface area (TPSA) is 116 Å². The van der Waals surface area contributed by atoms with E-state index in [1.54, 1.807) is 0 Å². The highest BCUT2D eigenvalue weighted by Gasteiger charge is 2.18. The second-order valence-electron chi connectivity index (χ2n) is 5.76. The molecule has 0 saturated heterocycles. The molecule has 0 saturated carbocycles. The molecular weight excluding hydrogens is 370 g/mol. The monoisotopic (exact) mass is 389 g/mol. The summed E-state index contributed by atoms with van der Waals surface area (Å²) in [5.41, 5.74) is 5.85. The minimum atomic E-state index is -4.94. The predicted molar refractivity (Wildman–Crippen MR) is 89.3 cm³/mol. The fourth-order valence-corrected chi connectivity index (χ4v) is 2.80. The summed E-state index contributed by atoms with van der Waals surface area (Å²) >= 11 is 0. The van der Waals surface area contributed by atoms with E-state index in [2.05, 4.69) is 60.0 Å². The van der Waals surface area contributed by atoms with Crippen molar-refractivity contribution in [1.29, 1.82) is 0 Å². The third kappa shape index (κ3) is 6.73. The van der Waals surface area contributed by atoms with E-state index in [-0.39, 0.29) is 6.61 Å². The maximum Gasteiger partial charge on any atom is 0.213 e. The van der Waals surface area contributed by atoms with Gasteiger partial charge in [0.2, 0.25) is 5.69 Å². The molecule has 6 nitrogen and oxygen atoms in total. The number of hydrogen-bond acceptors (Lipinski definition) is 5. The average molecular weight is 390 g/mol. The molecule has 1 aromatic heterocycles. The van der Waals surface area contributed by atoms with Gasteiger partial charge in [0, 0.05) is 24.6 Å². The first-order valence-electron chi connectivity index (χ1n) is 8.17. The van der Waals surface area contributed by atoms with Crippen molar-refractivity contribution in [3.8, 4) is 22.4 Å². The van der Waals surface area contributed by atoms with Crippen LogP contribution in [-0.2, 0) is 6.54 Å². The fourth-order valence-electron chi connectivity index (χ4n) is 2.80. The lowest BCUT2D eigenvalue weighted by Gasteiger charge is -2.17. The van der Waals surface area contributed by atoms with E-state index >= 15 is 0 Å². The number of benzene rings is 2. The summed E-state index contributed by atoms with van der Waals surface area (Å²) < 4.78 is 36.1. The van der Waals surface area contributed by atoms with Crippen LogP contribution >= 0.6 is 0 Å². The van der Waals surface area contributed by atoms with Gasteiger partial charge in [-0.25, -0.2) is 18.6 Å². The SMILES string of the molecule is Cc1cc(-c2ccccc2)cc(-c2ccccc2)[n+]1CCO.[O-][Cl+3]([O-])([O-])[O-]. The number of aromatic nitrogens is 1. The minimum Gasteiger partial charge on any atom is -0.390 e. The predicted octanol–water partition coefficient (Wildman–Crippen LogP) is -1.15. The van der Waals surface area contributed by atoms with Crippen molar-refractivity contribution < 1.29 is 38.6 Å². The van der Waals surface area contributed by atoms with Crippen LogP contribution in [0.4, 0.5) is 0 Å². The molecule has 0 aliphatic carbocycles. The maximum absolute atomic E-state index is 9.38. The molecule has 7 heteroatoms. The molecule has 142 valence electrons. The summed E-state index contributed by atoms with van der Waals surface area (Å²) in [5, 5.41) is 9.38. The number of halogens is 1. The molecular formula is C20H20ClNO5. The fraction of sp³-hybridized carbons (Fsp3) is 0.150. The van der Waals surface area contributed by atoms with Crippen LogP contribution in [0, 0.1) is 17.2 Å². The molecule has 1 N–H and O–H groups in total. The number of pyridine rings is 1. The molecule has 0 spiro atoms. The van der Waals surface area contributed by atoms with Crippen molar-refractivity contribution >= 4 is 0 Å². The lowest BCUT2D eigenvalue weighted by atomic mass is 10.0. The van der Waals surface area contributed by atoms with Crippen LogP contribution in [0.5, 0.6) is 0 Å². The van der Waals surface area contributed by atoms with E-state index in [1.165, 1.54) is 11.1 Å². The minimum absolute atomic E-state index is 0.135. The Hall–Kier alpha value is -2.32. The van der Waals surface area contributed by atoms with Crippen LogP contribution in [-0.4, -0.2) is 11.7 Å². The normalized spacial score (nSPS) is 10.9. The molecule has 0 bridgehead atoms. The first-order valence-corrected chi connectivity index (χ1v) is 9.41. The number of aliphatic hydroxyl groups excluding tert-OH is 1. The first-order chi connectivity index (χ1) is 12.8. The zero-order chi connectivity index (χ0) is 19.9.